The summed E-state index contributed by atoms with van der Waals surface area (Å²) in [6.45, 7) is 0. The number of alkyl halides is 1. The molecule has 0 atom stereocenters. The summed E-state index contributed by atoms with van der Waals surface area (Å²) < 4.78 is 13.7. The largest absolute Gasteiger partial charge is 0.207 e. The standard InChI is InChI=1S/C10H11BrClFS/c11-9-4-8(5-10(13)6-9)7-14-3-1-2-12/h4-6H,1-3,7H2. The fraction of sp³-hybridized carbons (Fsp3) is 0.400. The Hall–Kier alpha value is 0.270. The van der Waals surface area contributed by atoms with E-state index in [1.165, 1.54) is 6.07 Å². The van der Waals surface area contributed by atoms with E-state index in [0.29, 0.717) is 5.88 Å². The van der Waals surface area contributed by atoms with E-state index in [4.69, 9.17) is 11.6 Å². The van der Waals surface area contributed by atoms with Gasteiger partial charge >= 0.3 is 0 Å². The maximum Gasteiger partial charge on any atom is 0.124 e. The Balaban J connectivity index is 2.42. The molecule has 0 aromatic heterocycles. The quantitative estimate of drug-likeness (QED) is 0.571. The van der Waals surface area contributed by atoms with Crippen LogP contribution in [0.3, 0.4) is 0 Å². The van der Waals surface area contributed by atoms with Gasteiger partial charge in [-0.3, -0.25) is 0 Å². The molecule has 0 unspecified atom stereocenters. The molecule has 0 N–H and O–H groups in total. The van der Waals surface area contributed by atoms with Gasteiger partial charge in [0.2, 0.25) is 0 Å². The number of thioether (sulfide) groups is 1. The second-order valence-corrected chi connectivity index (χ2v) is 5.27. The molecule has 0 radical (unpaired) electrons. The van der Waals surface area contributed by atoms with Crippen molar-refractivity contribution in [3.63, 3.8) is 0 Å². The molecule has 78 valence electrons. The minimum atomic E-state index is -0.188. The lowest BCUT2D eigenvalue weighted by atomic mass is 10.2. The van der Waals surface area contributed by atoms with Gasteiger partial charge in [-0.1, -0.05) is 15.9 Å². The van der Waals surface area contributed by atoms with Gasteiger partial charge in [-0.15, -0.1) is 11.6 Å². The third-order valence-electron chi connectivity index (χ3n) is 1.61. The lowest BCUT2D eigenvalue weighted by molar-refractivity contribution is 0.625. The van der Waals surface area contributed by atoms with Crippen molar-refractivity contribution in [2.75, 3.05) is 11.6 Å². The number of hydrogen-bond donors (Lipinski definition) is 0. The van der Waals surface area contributed by atoms with Crippen LogP contribution in [0, 0.1) is 5.82 Å². The molecule has 0 aliphatic carbocycles. The summed E-state index contributed by atoms with van der Waals surface area (Å²) >= 11 is 10.6. The Morgan fingerprint density at radius 2 is 2.14 bits per heavy atom. The van der Waals surface area contributed by atoms with E-state index in [1.54, 1.807) is 17.8 Å². The average Bonchev–Trinajstić information content (AvgIpc) is 2.11. The van der Waals surface area contributed by atoms with Crippen molar-refractivity contribution in [2.24, 2.45) is 0 Å². The third-order valence-corrected chi connectivity index (χ3v) is 3.45. The minimum Gasteiger partial charge on any atom is -0.207 e. The SMILES string of the molecule is Fc1cc(Br)cc(CSCCCCl)c1. The van der Waals surface area contributed by atoms with Gasteiger partial charge < -0.3 is 0 Å². The molecule has 0 heterocycles. The number of halogens is 3. The van der Waals surface area contributed by atoms with Gasteiger partial charge in [0.15, 0.2) is 0 Å². The van der Waals surface area contributed by atoms with Crippen LogP contribution in [-0.2, 0) is 5.75 Å². The molecule has 14 heavy (non-hydrogen) atoms. The van der Waals surface area contributed by atoms with E-state index in [9.17, 15) is 4.39 Å². The highest BCUT2D eigenvalue weighted by atomic mass is 79.9. The van der Waals surface area contributed by atoms with Gasteiger partial charge in [-0.2, -0.15) is 11.8 Å². The highest BCUT2D eigenvalue weighted by Gasteiger charge is 1.99. The Labute approximate surface area is 101 Å². The Morgan fingerprint density at radius 1 is 1.36 bits per heavy atom. The zero-order chi connectivity index (χ0) is 10.4. The van der Waals surface area contributed by atoms with Crippen molar-refractivity contribution in [1.29, 1.82) is 0 Å². The molecule has 1 aromatic carbocycles. The molecule has 0 saturated heterocycles. The first-order valence-electron chi connectivity index (χ1n) is 4.31. The van der Waals surface area contributed by atoms with E-state index in [1.807, 2.05) is 6.07 Å². The van der Waals surface area contributed by atoms with Crippen molar-refractivity contribution in [3.05, 3.63) is 34.1 Å². The van der Waals surface area contributed by atoms with E-state index in [2.05, 4.69) is 15.9 Å². The number of benzene rings is 1. The van der Waals surface area contributed by atoms with Crippen LogP contribution in [0.4, 0.5) is 4.39 Å². The van der Waals surface area contributed by atoms with Crippen LogP contribution in [0.2, 0.25) is 0 Å². The first kappa shape index (κ1) is 12.3. The van der Waals surface area contributed by atoms with Crippen LogP contribution < -0.4 is 0 Å². The molecule has 0 fully saturated rings. The average molecular weight is 298 g/mol. The van der Waals surface area contributed by atoms with Gasteiger partial charge in [0, 0.05) is 16.1 Å². The molecule has 4 heteroatoms. The zero-order valence-electron chi connectivity index (χ0n) is 7.60. The predicted octanol–water partition coefficient (Wildman–Crippen LogP) is 4.45. The number of rotatable bonds is 5. The first-order valence-corrected chi connectivity index (χ1v) is 6.79. The molecular formula is C10H11BrClFS. The molecule has 1 rings (SSSR count). The highest BCUT2D eigenvalue weighted by molar-refractivity contribution is 9.10. The van der Waals surface area contributed by atoms with Gasteiger partial charge in [-0.05, 0) is 35.9 Å². The summed E-state index contributed by atoms with van der Waals surface area (Å²) in [6, 6.07) is 4.97. The fourth-order valence-corrected chi connectivity index (χ4v) is 2.74. The van der Waals surface area contributed by atoms with Gasteiger partial charge in [0.25, 0.3) is 0 Å². The summed E-state index contributed by atoms with van der Waals surface area (Å²) in [6.07, 6.45) is 1.00. The molecule has 0 spiro atoms. The molecule has 0 aliphatic heterocycles. The topological polar surface area (TPSA) is 0 Å². The normalized spacial score (nSPS) is 10.5. The van der Waals surface area contributed by atoms with E-state index < -0.39 is 0 Å². The lowest BCUT2D eigenvalue weighted by Gasteiger charge is -2.02. The molecule has 0 nitrogen and oxygen atoms in total. The van der Waals surface area contributed by atoms with Gasteiger partial charge in [-0.25, -0.2) is 4.39 Å². The Morgan fingerprint density at radius 3 is 2.79 bits per heavy atom. The van der Waals surface area contributed by atoms with Crippen LogP contribution in [-0.4, -0.2) is 11.6 Å². The van der Waals surface area contributed by atoms with Crippen molar-refractivity contribution in [3.8, 4) is 0 Å². The monoisotopic (exact) mass is 296 g/mol. The fourth-order valence-electron chi connectivity index (χ4n) is 1.04. The van der Waals surface area contributed by atoms with Crippen LogP contribution in [0.25, 0.3) is 0 Å². The van der Waals surface area contributed by atoms with E-state index in [0.717, 1.165) is 28.0 Å². The molecule has 0 saturated carbocycles. The minimum absolute atomic E-state index is 0.188. The van der Waals surface area contributed by atoms with Crippen molar-refractivity contribution >= 4 is 39.3 Å². The van der Waals surface area contributed by atoms with Crippen molar-refractivity contribution in [1.82, 2.24) is 0 Å². The van der Waals surface area contributed by atoms with Gasteiger partial charge in [0.05, 0.1) is 0 Å². The Kier molecular flexibility index (Phi) is 5.90. The summed E-state index contributed by atoms with van der Waals surface area (Å²) in [5.41, 5.74) is 1.01. The lowest BCUT2D eigenvalue weighted by Crippen LogP contribution is -1.86. The molecular weight excluding hydrogens is 287 g/mol. The van der Waals surface area contributed by atoms with Crippen LogP contribution in [0.1, 0.15) is 12.0 Å². The van der Waals surface area contributed by atoms with Crippen molar-refractivity contribution < 1.29 is 4.39 Å². The van der Waals surface area contributed by atoms with Gasteiger partial charge in [0.1, 0.15) is 5.82 Å². The second kappa shape index (κ2) is 6.70. The summed E-state index contributed by atoms with van der Waals surface area (Å²) in [7, 11) is 0. The Bertz CT molecular complexity index is 273. The summed E-state index contributed by atoms with van der Waals surface area (Å²) in [5.74, 6) is 2.37. The summed E-state index contributed by atoms with van der Waals surface area (Å²) in [4.78, 5) is 0. The second-order valence-electron chi connectivity index (χ2n) is 2.87. The van der Waals surface area contributed by atoms with Crippen molar-refractivity contribution in [2.45, 2.75) is 12.2 Å². The zero-order valence-corrected chi connectivity index (χ0v) is 10.8. The molecule has 0 aliphatic rings. The smallest absolute Gasteiger partial charge is 0.124 e. The van der Waals surface area contributed by atoms with Crippen LogP contribution >= 0.6 is 39.3 Å². The molecule has 0 bridgehead atoms. The maximum atomic E-state index is 12.9. The van der Waals surface area contributed by atoms with Crippen LogP contribution in [0.15, 0.2) is 22.7 Å². The highest BCUT2D eigenvalue weighted by Crippen LogP contribution is 2.19. The maximum absolute atomic E-state index is 12.9. The van der Waals surface area contributed by atoms with Crippen LogP contribution in [0.5, 0.6) is 0 Å². The molecule has 1 aromatic rings. The predicted molar refractivity (Wildman–Crippen MR) is 65.6 cm³/mol. The first-order chi connectivity index (χ1) is 6.72. The van der Waals surface area contributed by atoms with E-state index >= 15 is 0 Å². The van der Waals surface area contributed by atoms with E-state index in [-0.39, 0.29) is 5.82 Å². The third kappa shape index (κ3) is 4.67. The number of hydrogen-bond acceptors (Lipinski definition) is 1. The molecule has 0 amide bonds. The summed E-state index contributed by atoms with van der Waals surface area (Å²) in [5, 5.41) is 0.